The lowest BCUT2D eigenvalue weighted by molar-refractivity contribution is -0.141. The molecule has 2 unspecified atom stereocenters. The quantitative estimate of drug-likeness (QED) is 0.692. The number of hydrogen-bond acceptors (Lipinski definition) is 3. The van der Waals surface area contributed by atoms with Crippen LogP contribution < -0.4 is 10.6 Å². The summed E-state index contributed by atoms with van der Waals surface area (Å²) in [6.45, 7) is 7.33. The zero-order valence-electron chi connectivity index (χ0n) is 11.7. The summed E-state index contributed by atoms with van der Waals surface area (Å²) in [5.41, 5.74) is -0.523. The molecule has 106 valence electrons. The molecule has 0 aliphatic heterocycles. The van der Waals surface area contributed by atoms with E-state index in [1.165, 1.54) is 0 Å². The summed E-state index contributed by atoms with van der Waals surface area (Å²) < 4.78 is 0. The van der Waals surface area contributed by atoms with Gasteiger partial charge in [0.1, 0.15) is 6.04 Å². The topological polar surface area (TPSA) is 78.4 Å². The fourth-order valence-electron chi connectivity index (χ4n) is 1.47. The van der Waals surface area contributed by atoms with Crippen molar-refractivity contribution in [2.24, 2.45) is 5.41 Å². The second-order valence-corrected chi connectivity index (χ2v) is 6.23. The van der Waals surface area contributed by atoms with Crippen molar-refractivity contribution in [1.29, 1.82) is 0 Å². The maximum absolute atomic E-state index is 11.8. The highest BCUT2D eigenvalue weighted by atomic mass is 32.2. The zero-order chi connectivity index (χ0) is 14.3. The highest BCUT2D eigenvalue weighted by Gasteiger charge is 2.32. The number of urea groups is 1. The van der Waals surface area contributed by atoms with E-state index in [0.717, 1.165) is 12.2 Å². The first-order valence-electron chi connectivity index (χ1n) is 6.01. The highest BCUT2D eigenvalue weighted by molar-refractivity contribution is 7.98. The van der Waals surface area contributed by atoms with E-state index in [2.05, 4.69) is 10.6 Å². The van der Waals surface area contributed by atoms with Gasteiger partial charge in [-0.05, 0) is 18.1 Å². The lowest BCUT2D eigenvalue weighted by atomic mass is 9.87. The van der Waals surface area contributed by atoms with Crippen molar-refractivity contribution in [2.75, 3.05) is 12.0 Å². The zero-order valence-corrected chi connectivity index (χ0v) is 12.6. The monoisotopic (exact) mass is 276 g/mol. The molecule has 0 heterocycles. The first-order chi connectivity index (χ1) is 8.22. The fraction of sp³-hybridized carbons (Fsp3) is 0.833. The minimum atomic E-state index is -1.02. The van der Waals surface area contributed by atoms with Crippen LogP contribution in [0.25, 0.3) is 0 Å². The molecule has 0 aromatic rings. The number of carbonyl (C=O) groups excluding carboxylic acids is 1. The molecular weight excluding hydrogens is 252 g/mol. The van der Waals surface area contributed by atoms with Crippen LogP contribution in [0.2, 0.25) is 0 Å². The number of aliphatic carboxylic acids is 1. The van der Waals surface area contributed by atoms with Crippen molar-refractivity contribution in [3.8, 4) is 0 Å². The smallest absolute Gasteiger partial charge is 0.326 e. The van der Waals surface area contributed by atoms with Gasteiger partial charge in [0.2, 0.25) is 0 Å². The molecular formula is C12H24N2O3S. The fourth-order valence-corrected chi connectivity index (χ4v) is 2.19. The van der Waals surface area contributed by atoms with Crippen LogP contribution in [0.5, 0.6) is 0 Å². The third-order valence-corrected chi connectivity index (χ3v) is 3.32. The number of carboxylic acid groups (broad SMARTS) is 1. The van der Waals surface area contributed by atoms with E-state index in [-0.39, 0.29) is 6.04 Å². The van der Waals surface area contributed by atoms with Crippen molar-refractivity contribution in [3.63, 3.8) is 0 Å². The predicted octanol–water partition coefficient (Wildman–Crippen LogP) is 1.93. The average molecular weight is 276 g/mol. The van der Waals surface area contributed by atoms with Gasteiger partial charge in [-0.15, -0.1) is 0 Å². The molecule has 0 aliphatic rings. The van der Waals surface area contributed by atoms with Crippen LogP contribution in [-0.2, 0) is 4.79 Å². The van der Waals surface area contributed by atoms with E-state index in [9.17, 15) is 9.59 Å². The summed E-state index contributed by atoms with van der Waals surface area (Å²) in [7, 11) is 0. The summed E-state index contributed by atoms with van der Waals surface area (Å²) in [4.78, 5) is 22.9. The summed E-state index contributed by atoms with van der Waals surface area (Å²) >= 11 is 1.65. The number of hydrogen-bond donors (Lipinski definition) is 3. The van der Waals surface area contributed by atoms with E-state index in [1.807, 2.05) is 13.2 Å². The number of thioether (sulfide) groups is 1. The second kappa shape index (κ2) is 7.51. The third-order valence-electron chi connectivity index (χ3n) is 2.58. The Morgan fingerprint density at radius 3 is 2.17 bits per heavy atom. The summed E-state index contributed by atoms with van der Waals surface area (Å²) in [6, 6.07) is -1.25. The summed E-state index contributed by atoms with van der Waals surface area (Å²) in [6.07, 6.45) is 2.79. The van der Waals surface area contributed by atoms with E-state index >= 15 is 0 Å². The minimum Gasteiger partial charge on any atom is -0.480 e. The van der Waals surface area contributed by atoms with Gasteiger partial charge in [-0.3, -0.25) is 0 Å². The number of amides is 2. The third kappa shape index (κ3) is 6.14. The Morgan fingerprint density at radius 2 is 1.83 bits per heavy atom. The van der Waals surface area contributed by atoms with Crippen LogP contribution >= 0.6 is 11.8 Å². The molecule has 0 saturated carbocycles. The number of carboxylic acids is 1. The van der Waals surface area contributed by atoms with Crippen LogP contribution in [0.1, 0.15) is 34.1 Å². The van der Waals surface area contributed by atoms with Crippen LogP contribution in [0.15, 0.2) is 0 Å². The van der Waals surface area contributed by atoms with Gasteiger partial charge < -0.3 is 15.7 Å². The molecule has 0 radical (unpaired) electrons. The van der Waals surface area contributed by atoms with Crippen LogP contribution in [0.3, 0.4) is 0 Å². The standard InChI is InChI=1S/C12H24N2O3S/c1-6-8(7-18-5)13-11(17)14-9(10(15)16)12(2,3)4/h8-9H,6-7H2,1-5H3,(H,15,16)(H2,13,14,17). The van der Waals surface area contributed by atoms with Crippen molar-refractivity contribution in [3.05, 3.63) is 0 Å². The predicted molar refractivity (Wildman–Crippen MR) is 75.0 cm³/mol. The Kier molecular flexibility index (Phi) is 7.13. The van der Waals surface area contributed by atoms with Crippen molar-refractivity contribution < 1.29 is 14.7 Å². The number of rotatable bonds is 6. The summed E-state index contributed by atoms with van der Waals surface area (Å²) in [5.74, 6) is -0.201. The van der Waals surface area contributed by atoms with E-state index < -0.39 is 23.5 Å². The van der Waals surface area contributed by atoms with Crippen LogP contribution in [0, 0.1) is 5.41 Å². The second-order valence-electron chi connectivity index (χ2n) is 5.32. The van der Waals surface area contributed by atoms with Crippen molar-refractivity contribution in [1.82, 2.24) is 10.6 Å². The van der Waals surface area contributed by atoms with Crippen LogP contribution in [0.4, 0.5) is 4.79 Å². The molecule has 0 rings (SSSR count). The Balaban J connectivity index is 4.48. The lowest BCUT2D eigenvalue weighted by Crippen LogP contribution is -2.54. The molecule has 0 aromatic heterocycles. The average Bonchev–Trinajstić information content (AvgIpc) is 2.23. The Hall–Kier alpha value is -0.910. The molecule has 0 spiro atoms. The Morgan fingerprint density at radius 1 is 1.28 bits per heavy atom. The van der Waals surface area contributed by atoms with Gasteiger partial charge in [0.15, 0.2) is 0 Å². The van der Waals surface area contributed by atoms with Gasteiger partial charge in [0.25, 0.3) is 0 Å². The molecule has 0 saturated heterocycles. The first kappa shape index (κ1) is 17.1. The largest absolute Gasteiger partial charge is 0.480 e. The van der Waals surface area contributed by atoms with Gasteiger partial charge in [-0.1, -0.05) is 27.7 Å². The van der Waals surface area contributed by atoms with E-state index in [4.69, 9.17) is 5.11 Å². The van der Waals surface area contributed by atoms with Gasteiger partial charge in [0.05, 0.1) is 0 Å². The summed E-state index contributed by atoms with van der Waals surface area (Å²) in [5, 5.41) is 14.4. The van der Waals surface area contributed by atoms with Gasteiger partial charge in [-0.25, -0.2) is 9.59 Å². The maximum atomic E-state index is 11.8. The lowest BCUT2D eigenvalue weighted by Gasteiger charge is -2.28. The van der Waals surface area contributed by atoms with Gasteiger partial charge >= 0.3 is 12.0 Å². The molecule has 0 bridgehead atoms. The Bertz CT molecular complexity index is 290. The molecule has 5 nitrogen and oxygen atoms in total. The molecule has 18 heavy (non-hydrogen) atoms. The maximum Gasteiger partial charge on any atom is 0.326 e. The Labute approximate surface area is 113 Å². The van der Waals surface area contributed by atoms with E-state index in [0.29, 0.717) is 0 Å². The van der Waals surface area contributed by atoms with Gasteiger partial charge in [-0.2, -0.15) is 11.8 Å². The minimum absolute atomic E-state index is 0.0643. The highest BCUT2D eigenvalue weighted by Crippen LogP contribution is 2.19. The molecule has 0 fully saturated rings. The van der Waals surface area contributed by atoms with Crippen LogP contribution in [-0.4, -0.2) is 41.2 Å². The molecule has 3 N–H and O–H groups in total. The SMILES string of the molecule is CCC(CSC)NC(=O)NC(C(=O)O)C(C)(C)C. The van der Waals surface area contributed by atoms with Crippen molar-refractivity contribution in [2.45, 2.75) is 46.2 Å². The first-order valence-corrected chi connectivity index (χ1v) is 7.40. The van der Waals surface area contributed by atoms with E-state index in [1.54, 1.807) is 32.5 Å². The molecule has 0 aliphatic carbocycles. The van der Waals surface area contributed by atoms with Crippen molar-refractivity contribution >= 4 is 23.8 Å². The molecule has 6 heteroatoms. The number of nitrogens with one attached hydrogen (secondary N) is 2. The molecule has 2 amide bonds. The number of carbonyl (C=O) groups is 2. The normalized spacial score (nSPS) is 14.7. The van der Waals surface area contributed by atoms with Gasteiger partial charge in [0, 0.05) is 11.8 Å². The molecule has 2 atom stereocenters. The molecule has 0 aromatic carbocycles.